The van der Waals surface area contributed by atoms with Crippen LogP contribution in [0.1, 0.15) is 22.5 Å². The maximum absolute atomic E-state index is 13.3. The lowest BCUT2D eigenvalue weighted by molar-refractivity contribution is -0.122. The largest absolute Gasteiger partial charge is 0.335 e. The number of amides is 4. The smallest absolute Gasteiger partial charge is 0.318 e. The molecular weight excluding hydrogens is 450 g/mol. The number of urea groups is 1. The van der Waals surface area contributed by atoms with E-state index in [-0.39, 0.29) is 5.57 Å². The molecular formula is C30H25N3O3. The Morgan fingerprint density at radius 2 is 1.39 bits per heavy atom. The Morgan fingerprint density at radius 1 is 0.750 bits per heavy atom. The van der Waals surface area contributed by atoms with Gasteiger partial charge in [0.05, 0.1) is 5.69 Å². The molecule has 1 aliphatic heterocycles. The van der Waals surface area contributed by atoms with E-state index in [0.717, 1.165) is 44.2 Å². The molecule has 0 radical (unpaired) electrons. The Balaban J connectivity index is 1.51. The van der Waals surface area contributed by atoms with Crippen LogP contribution in [-0.2, 0) is 9.59 Å². The minimum atomic E-state index is -0.750. The molecule has 0 spiro atoms. The molecule has 2 heterocycles. The molecule has 0 bridgehead atoms. The number of aryl methyl sites for hydroxylation is 2. The number of rotatable bonds is 4. The van der Waals surface area contributed by atoms with Crippen LogP contribution in [0.5, 0.6) is 0 Å². The SMILES string of the molecule is Cc1ccccc1N1C(=O)NC(=O)/C(=C/c2cc(C)n(-c3ccc(-c4ccccc4)cc3)c2C)C1=O. The first-order valence-electron chi connectivity index (χ1n) is 11.7. The Labute approximate surface area is 209 Å². The maximum Gasteiger partial charge on any atom is 0.335 e. The van der Waals surface area contributed by atoms with Gasteiger partial charge in [-0.2, -0.15) is 0 Å². The fourth-order valence-electron chi connectivity index (χ4n) is 4.61. The van der Waals surface area contributed by atoms with E-state index in [1.165, 1.54) is 0 Å². The van der Waals surface area contributed by atoms with Gasteiger partial charge in [0.15, 0.2) is 0 Å². The van der Waals surface area contributed by atoms with Crippen LogP contribution < -0.4 is 10.2 Å². The topological polar surface area (TPSA) is 71.4 Å². The molecule has 36 heavy (non-hydrogen) atoms. The summed E-state index contributed by atoms with van der Waals surface area (Å²) in [5.41, 5.74) is 6.93. The molecule has 0 unspecified atom stereocenters. The van der Waals surface area contributed by atoms with Crippen LogP contribution in [0, 0.1) is 20.8 Å². The van der Waals surface area contributed by atoms with E-state index in [2.05, 4.69) is 46.3 Å². The summed E-state index contributed by atoms with van der Waals surface area (Å²) in [6.45, 7) is 5.73. The van der Waals surface area contributed by atoms with E-state index < -0.39 is 17.8 Å². The molecule has 5 rings (SSSR count). The van der Waals surface area contributed by atoms with Crippen molar-refractivity contribution in [1.82, 2.24) is 9.88 Å². The van der Waals surface area contributed by atoms with Gasteiger partial charge < -0.3 is 4.57 Å². The lowest BCUT2D eigenvalue weighted by Crippen LogP contribution is -2.54. The zero-order valence-electron chi connectivity index (χ0n) is 20.3. The zero-order chi connectivity index (χ0) is 25.4. The predicted molar refractivity (Wildman–Crippen MR) is 141 cm³/mol. The third-order valence-corrected chi connectivity index (χ3v) is 6.46. The van der Waals surface area contributed by atoms with Gasteiger partial charge in [-0.25, -0.2) is 9.69 Å². The van der Waals surface area contributed by atoms with Crippen molar-refractivity contribution in [1.29, 1.82) is 0 Å². The highest BCUT2D eigenvalue weighted by molar-refractivity contribution is 6.39. The van der Waals surface area contributed by atoms with E-state index in [4.69, 9.17) is 0 Å². The molecule has 1 saturated heterocycles. The highest BCUT2D eigenvalue weighted by Gasteiger charge is 2.37. The first-order valence-corrected chi connectivity index (χ1v) is 11.7. The van der Waals surface area contributed by atoms with Crippen LogP contribution in [-0.4, -0.2) is 22.4 Å². The van der Waals surface area contributed by atoms with Crippen molar-refractivity contribution in [2.75, 3.05) is 4.90 Å². The number of anilines is 1. The number of hydrogen-bond donors (Lipinski definition) is 1. The van der Waals surface area contributed by atoms with E-state index in [1.54, 1.807) is 18.2 Å². The van der Waals surface area contributed by atoms with Gasteiger partial charge in [0, 0.05) is 17.1 Å². The molecule has 0 atom stereocenters. The summed E-state index contributed by atoms with van der Waals surface area (Å²) in [4.78, 5) is 39.6. The summed E-state index contributed by atoms with van der Waals surface area (Å²) >= 11 is 0. The highest BCUT2D eigenvalue weighted by Crippen LogP contribution is 2.28. The number of para-hydroxylation sites is 1. The summed E-state index contributed by atoms with van der Waals surface area (Å²) in [7, 11) is 0. The van der Waals surface area contributed by atoms with Gasteiger partial charge in [-0.1, -0.05) is 60.7 Å². The number of nitrogens with zero attached hydrogens (tertiary/aromatic N) is 2. The van der Waals surface area contributed by atoms with Crippen molar-refractivity contribution in [3.8, 4) is 16.8 Å². The zero-order valence-corrected chi connectivity index (χ0v) is 20.3. The van der Waals surface area contributed by atoms with Gasteiger partial charge >= 0.3 is 6.03 Å². The van der Waals surface area contributed by atoms with Crippen LogP contribution in [0.4, 0.5) is 10.5 Å². The lowest BCUT2D eigenvalue weighted by atomic mass is 10.1. The Kier molecular flexibility index (Phi) is 5.86. The number of nitrogens with one attached hydrogen (secondary N) is 1. The highest BCUT2D eigenvalue weighted by atomic mass is 16.2. The first kappa shape index (κ1) is 23.1. The second kappa shape index (κ2) is 9.15. The average Bonchev–Trinajstić information content (AvgIpc) is 3.16. The third kappa shape index (κ3) is 4.03. The molecule has 178 valence electrons. The second-order valence-electron chi connectivity index (χ2n) is 8.82. The standard InChI is InChI=1S/C30H25N3O3/c1-19-9-7-8-12-27(19)33-29(35)26(28(34)31-30(33)36)18-24-17-20(2)32(21(24)3)25-15-13-23(14-16-25)22-10-5-4-6-11-22/h4-18H,1-3H3,(H,31,34,36)/b26-18-. The number of barbiturate groups is 1. The van der Waals surface area contributed by atoms with Crippen molar-refractivity contribution >= 4 is 29.6 Å². The van der Waals surface area contributed by atoms with Gasteiger partial charge in [-0.05, 0) is 73.4 Å². The maximum atomic E-state index is 13.3. The third-order valence-electron chi connectivity index (χ3n) is 6.46. The molecule has 0 saturated carbocycles. The monoisotopic (exact) mass is 475 g/mol. The number of benzene rings is 3. The summed E-state index contributed by atoms with van der Waals surface area (Å²) in [6.07, 6.45) is 1.56. The normalized spacial score (nSPS) is 14.9. The molecule has 6 nitrogen and oxygen atoms in total. The Hall–Kier alpha value is -4.71. The number of carbonyl (C=O) groups is 3. The molecule has 1 aliphatic rings. The molecule has 1 aromatic heterocycles. The van der Waals surface area contributed by atoms with Crippen LogP contribution >= 0.6 is 0 Å². The molecule has 6 heteroatoms. The van der Waals surface area contributed by atoms with Crippen molar-refractivity contribution in [2.45, 2.75) is 20.8 Å². The van der Waals surface area contributed by atoms with E-state index in [9.17, 15) is 14.4 Å². The fraction of sp³-hybridized carbons (Fsp3) is 0.100. The number of hydrogen-bond acceptors (Lipinski definition) is 3. The summed E-state index contributed by atoms with van der Waals surface area (Å²) < 4.78 is 2.08. The van der Waals surface area contributed by atoms with Gasteiger partial charge in [0.1, 0.15) is 5.57 Å². The summed E-state index contributed by atoms with van der Waals surface area (Å²) in [6, 6.07) is 26.7. The van der Waals surface area contributed by atoms with E-state index >= 15 is 0 Å². The molecule has 4 aromatic rings. The van der Waals surface area contributed by atoms with Crippen LogP contribution in [0.15, 0.2) is 90.5 Å². The quantitative estimate of drug-likeness (QED) is 0.302. The Bertz CT molecular complexity index is 1530. The lowest BCUT2D eigenvalue weighted by Gasteiger charge is -2.27. The first-order chi connectivity index (χ1) is 17.3. The van der Waals surface area contributed by atoms with E-state index in [0.29, 0.717) is 5.69 Å². The Morgan fingerprint density at radius 3 is 2.08 bits per heavy atom. The van der Waals surface area contributed by atoms with Crippen LogP contribution in [0.2, 0.25) is 0 Å². The van der Waals surface area contributed by atoms with E-state index in [1.807, 2.05) is 57.2 Å². The van der Waals surface area contributed by atoms with Crippen LogP contribution in [0.25, 0.3) is 22.9 Å². The summed E-state index contributed by atoms with van der Waals surface area (Å²) in [5, 5.41) is 2.30. The van der Waals surface area contributed by atoms with Crippen molar-refractivity contribution in [2.24, 2.45) is 0 Å². The van der Waals surface area contributed by atoms with Gasteiger partial charge in [0.25, 0.3) is 11.8 Å². The molecule has 1 fully saturated rings. The predicted octanol–water partition coefficient (Wildman–Crippen LogP) is 5.74. The fourth-order valence-corrected chi connectivity index (χ4v) is 4.61. The number of carbonyl (C=O) groups excluding carboxylic acids is 3. The molecule has 1 N–H and O–H groups in total. The van der Waals surface area contributed by atoms with Gasteiger partial charge in [-0.3, -0.25) is 14.9 Å². The minimum Gasteiger partial charge on any atom is -0.318 e. The van der Waals surface area contributed by atoms with Crippen molar-refractivity contribution in [3.05, 3.63) is 113 Å². The van der Waals surface area contributed by atoms with Gasteiger partial charge in [-0.15, -0.1) is 0 Å². The second-order valence-corrected chi connectivity index (χ2v) is 8.82. The van der Waals surface area contributed by atoms with Crippen molar-refractivity contribution in [3.63, 3.8) is 0 Å². The number of imide groups is 2. The molecule has 3 aromatic carbocycles. The molecule has 4 amide bonds. The van der Waals surface area contributed by atoms with Gasteiger partial charge in [0.2, 0.25) is 0 Å². The van der Waals surface area contributed by atoms with Crippen LogP contribution in [0.3, 0.4) is 0 Å². The average molecular weight is 476 g/mol. The summed E-state index contributed by atoms with van der Waals surface area (Å²) in [5.74, 6) is -1.35. The minimum absolute atomic E-state index is 0.0856. The molecule has 0 aliphatic carbocycles. The number of aromatic nitrogens is 1. The van der Waals surface area contributed by atoms with Crippen molar-refractivity contribution < 1.29 is 14.4 Å².